The molecule has 0 spiro atoms. The lowest BCUT2D eigenvalue weighted by atomic mass is 9.88. The summed E-state index contributed by atoms with van der Waals surface area (Å²) in [4.78, 5) is 26.7. The minimum Gasteiger partial charge on any atom is -0.478 e. The van der Waals surface area contributed by atoms with Crippen molar-refractivity contribution in [2.45, 2.75) is 38.7 Å². The summed E-state index contributed by atoms with van der Waals surface area (Å²) in [5.74, 6) is -0.896. The Balaban J connectivity index is 1.75. The van der Waals surface area contributed by atoms with E-state index in [2.05, 4.69) is 17.2 Å². The van der Waals surface area contributed by atoms with Gasteiger partial charge in [-0.3, -0.25) is 9.78 Å². The summed E-state index contributed by atoms with van der Waals surface area (Å²) in [6.07, 6.45) is 6.34. The van der Waals surface area contributed by atoms with E-state index in [0.29, 0.717) is 19.1 Å². The number of carboxylic acid groups (broad SMARTS) is 1. The van der Waals surface area contributed by atoms with Crippen LogP contribution in [-0.2, 0) is 4.74 Å². The van der Waals surface area contributed by atoms with Crippen LogP contribution < -0.4 is 5.32 Å². The Bertz CT molecular complexity index is 533. The average molecular weight is 306 g/mol. The van der Waals surface area contributed by atoms with Crippen molar-refractivity contribution < 1.29 is 19.4 Å². The van der Waals surface area contributed by atoms with Gasteiger partial charge in [0.2, 0.25) is 0 Å². The molecule has 6 nitrogen and oxygen atoms in total. The number of nitrogens with one attached hydrogen (secondary N) is 1. The van der Waals surface area contributed by atoms with Crippen molar-refractivity contribution >= 4 is 11.9 Å². The molecule has 0 radical (unpaired) electrons. The number of aromatic nitrogens is 1. The van der Waals surface area contributed by atoms with E-state index in [1.54, 1.807) is 0 Å². The van der Waals surface area contributed by atoms with Gasteiger partial charge in [0.05, 0.1) is 18.3 Å². The molecule has 0 aliphatic heterocycles. The number of carboxylic acids is 1. The molecule has 1 fully saturated rings. The van der Waals surface area contributed by atoms with E-state index in [0.717, 1.165) is 6.42 Å². The third kappa shape index (κ3) is 4.53. The Morgan fingerprint density at radius 3 is 2.91 bits per heavy atom. The highest BCUT2D eigenvalue weighted by Gasteiger charge is 2.21. The van der Waals surface area contributed by atoms with Gasteiger partial charge in [-0.25, -0.2) is 4.79 Å². The lowest BCUT2D eigenvalue weighted by Gasteiger charge is -2.28. The molecular weight excluding hydrogens is 284 g/mol. The molecule has 1 aliphatic rings. The Hall–Kier alpha value is -1.95. The summed E-state index contributed by atoms with van der Waals surface area (Å²) in [7, 11) is 0. The van der Waals surface area contributed by atoms with Crippen LogP contribution in [0.15, 0.2) is 18.3 Å². The van der Waals surface area contributed by atoms with E-state index < -0.39 is 5.97 Å². The first-order valence-electron chi connectivity index (χ1n) is 7.67. The summed E-state index contributed by atoms with van der Waals surface area (Å²) in [6.45, 7) is 3.05. The van der Waals surface area contributed by atoms with Crippen LogP contribution in [0.4, 0.5) is 0 Å². The molecule has 22 heavy (non-hydrogen) atoms. The third-order valence-corrected chi connectivity index (χ3v) is 3.99. The van der Waals surface area contributed by atoms with Gasteiger partial charge in [0.1, 0.15) is 5.69 Å². The first-order chi connectivity index (χ1) is 10.6. The second-order valence-electron chi connectivity index (χ2n) is 5.66. The molecule has 0 aromatic carbocycles. The molecular formula is C16H22N2O4. The maximum atomic E-state index is 11.9. The van der Waals surface area contributed by atoms with Crippen molar-refractivity contribution in [1.82, 2.24) is 10.3 Å². The zero-order chi connectivity index (χ0) is 15.9. The molecule has 1 aromatic rings. The van der Waals surface area contributed by atoms with Crippen molar-refractivity contribution in [2.75, 3.05) is 13.2 Å². The Kier molecular flexibility index (Phi) is 5.89. The van der Waals surface area contributed by atoms with Crippen molar-refractivity contribution in [1.29, 1.82) is 0 Å². The summed E-state index contributed by atoms with van der Waals surface area (Å²) in [5.41, 5.74) is 0.151. The van der Waals surface area contributed by atoms with Crippen molar-refractivity contribution in [2.24, 2.45) is 5.92 Å². The molecule has 1 saturated carbocycles. The normalized spacial score (nSPS) is 21.3. The number of carbonyl (C=O) groups is 2. The lowest BCUT2D eigenvalue weighted by Crippen LogP contribution is -2.32. The topological polar surface area (TPSA) is 88.5 Å². The molecule has 2 N–H and O–H groups in total. The van der Waals surface area contributed by atoms with Crippen LogP contribution in [0, 0.1) is 5.92 Å². The molecule has 1 amide bonds. The molecule has 1 aromatic heterocycles. The van der Waals surface area contributed by atoms with E-state index in [1.807, 2.05) is 0 Å². The summed E-state index contributed by atoms with van der Waals surface area (Å²) >= 11 is 0. The number of amides is 1. The molecule has 1 aliphatic carbocycles. The number of ether oxygens (including phenoxy) is 1. The van der Waals surface area contributed by atoms with Crippen LogP contribution in [0.2, 0.25) is 0 Å². The highest BCUT2D eigenvalue weighted by atomic mass is 16.5. The zero-order valence-electron chi connectivity index (χ0n) is 12.7. The van der Waals surface area contributed by atoms with Gasteiger partial charge in [-0.05, 0) is 30.9 Å². The summed E-state index contributed by atoms with van der Waals surface area (Å²) in [5, 5.41) is 11.6. The fourth-order valence-corrected chi connectivity index (χ4v) is 2.68. The minimum absolute atomic E-state index is 0.0485. The van der Waals surface area contributed by atoms with Gasteiger partial charge in [-0.15, -0.1) is 0 Å². The van der Waals surface area contributed by atoms with E-state index >= 15 is 0 Å². The number of pyridine rings is 1. The highest BCUT2D eigenvalue weighted by molar-refractivity contribution is 5.95. The highest BCUT2D eigenvalue weighted by Crippen LogP contribution is 2.25. The maximum absolute atomic E-state index is 11.9. The predicted molar refractivity (Wildman–Crippen MR) is 80.9 cm³/mol. The lowest BCUT2D eigenvalue weighted by molar-refractivity contribution is -0.00295. The molecule has 120 valence electrons. The van der Waals surface area contributed by atoms with Gasteiger partial charge in [-0.2, -0.15) is 0 Å². The van der Waals surface area contributed by atoms with E-state index in [1.165, 1.54) is 37.6 Å². The molecule has 0 saturated heterocycles. The number of carbonyl (C=O) groups excluding carboxylic acids is 1. The number of hydrogen-bond acceptors (Lipinski definition) is 4. The fraction of sp³-hybridized carbons (Fsp3) is 0.562. The van der Waals surface area contributed by atoms with Gasteiger partial charge in [-0.1, -0.05) is 19.8 Å². The molecule has 2 atom stereocenters. The van der Waals surface area contributed by atoms with Crippen LogP contribution in [0.3, 0.4) is 0 Å². The number of hydrogen-bond donors (Lipinski definition) is 2. The second-order valence-corrected chi connectivity index (χ2v) is 5.66. The SMILES string of the molecule is CC1CCCCC1OCCNC(=O)c1cc(C(=O)O)ccn1. The molecule has 2 unspecified atom stereocenters. The Morgan fingerprint density at radius 2 is 2.18 bits per heavy atom. The van der Waals surface area contributed by atoms with Crippen LogP contribution >= 0.6 is 0 Å². The number of rotatable bonds is 6. The number of aromatic carboxylic acids is 1. The number of nitrogens with zero attached hydrogens (tertiary/aromatic N) is 1. The Morgan fingerprint density at radius 1 is 1.41 bits per heavy atom. The molecule has 6 heteroatoms. The van der Waals surface area contributed by atoms with Gasteiger partial charge in [0, 0.05) is 12.7 Å². The quantitative estimate of drug-likeness (QED) is 0.786. The molecule has 0 bridgehead atoms. The predicted octanol–water partition coefficient (Wildman–Crippen LogP) is 2.10. The van der Waals surface area contributed by atoms with Crippen LogP contribution in [0.1, 0.15) is 53.5 Å². The van der Waals surface area contributed by atoms with E-state index in [-0.39, 0.29) is 23.3 Å². The summed E-state index contributed by atoms with van der Waals surface area (Å²) < 4.78 is 5.81. The van der Waals surface area contributed by atoms with E-state index in [4.69, 9.17) is 9.84 Å². The van der Waals surface area contributed by atoms with Crippen molar-refractivity contribution in [3.05, 3.63) is 29.6 Å². The van der Waals surface area contributed by atoms with Crippen molar-refractivity contribution in [3.63, 3.8) is 0 Å². The first kappa shape index (κ1) is 16.4. The smallest absolute Gasteiger partial charge is 0.335 e. The van der Waals surface area contributed by atoms with Gasteiger partial charge in [0.25, 0.3) is 5.91 Å². The molecule has 1 heterocycles. The van der Waals surface area contributed by atoms with E-state index in [9.17, 15) is 9.59 Å². The maximum Gasteiger partial charge on any atom is 0.335 e. The van der Waals surface area contributed by atoms with Crippen LogP contribution in [0.25, 0.3) is 0 Å². The monoisotopic (exact) mass is 306 g/mol. The Labute approximate surface area is 129 Å². The third-order valence-electron chi connectivity index (χ3n) is 3.99. The minimum atomic E-state index is -1.08. The van der Waals surface area contributed by atoms with Gasteiger partial charge in [0.15, 0.2) is 0 Å². The van der Waals surface area contributed by atoms with Gasteiger partial charge >= 0.3 is 5.97 Å². The first-order valence-corrected chi connectivity index (χ1v) is 7.67. The van der Waals surface area contributed by atoms with Crippen molar-refractivity contribution in [3.8, 4) is 0 Å². The summed E-state index contributed by atoms with van der Waals surface area (Å²) in [6, 6.07) is 2.62. The van der Waals surface area contributed by atoms with Crippen LogP contribution in [-0.4, -0.2) is 41.2 Å². The second kappa shape index (κ2) is 7.89. The van der Waals surface area contributed by atoms with Crippen LogP contribution in [0.5, 0.6) is 0 Å². The molecule has 2 rings (SSSR count). The standard InChI is InChI=1S/C16H22N2O4/c1-11-4-2-3-5-14(11)22-9-8-18-15(19)13-10-12(16(20)21)6-7-17-13/h6-7,10-11,14H,2-5,8-9H2,1H3,(H,18,19)(H,20,21). The average Bonchev–Trinajstić information content (AvgIpc) is 2.53. The van der Waals surface area contributed by atoms with Gasteiger partial charge < -0.3 is 15.2 Å². The fourth-order valence-electron chi connectivity index (χ4n) is 2.68. The largest absolute Gasteiger partial charge is 0.478 e. The zero-order valence-corrected chi connectivity index (χ0v) is 12.7.